The fourth-order valence-electron chi connectivity index (χ4n) is 1.90. The Labute approximate surface area is 126 Å². The van der Waals surface area contributed by atoms with Crippen molar-refractivity contribution in [1.82, 2.24) is 0 Å². The Morgan fingerprint density at radius 1 is 1.29 bits per heavy atom. The molecule has 3 N–H and O–H groups in total. The normalized spacial score (nSPS) is 11.4. The lowest BCUT2D eigenvalue weighted by Gasteiger charge is -2.25. The Kier molecular flexibility index (Phi) is 7.36. The molecule has 5 heteroatoms. The molecule has 0 atom stereocenters. The van der Waals surface area contributed by atoms with Gasteiger partial charge < -0.3 is 20.5 Å². The third kappa shape index (κ3) is 5.46. The average Bonchev–Trinajstić information content (AvgIpc) is 2.51. The second-order valence-corrected chi connectivity index (χ2v) is 5.06. The minimum atomic E-state index is -0.815. The van der Waals surface area contributed by atoms with Gasteiger partial charge in [-0.3, -0.25) is 4.79 Å². The summed E-state index contributed by atoms with van der Waals surface area (Å²) in [6, 6.07) is 7.59. The zero-order valence-corrected chi connectivity index (χ0v) is 13.1. The first-order valence-corrected chi connectivity index (χ1v) is 7.31. The molecule has 0 fully saturated rings. The van der Waals surface area contributed by atoms with Gasteiger partial charge in [0.05, 0.1) is 25.4 Å². The highest BCUT2D eigenvalue weighted by Gasteiger charge is 2.29. The summed E-state index contributed by atoms with van der Waals surface area (Å²) in [5.41, 5.74) is 7.01. The summed E-state index contributed by atoms with van der Waals surface area (Å²) in [4.78, 5) is 12.2. The van der Waals surface area contributed by atoms with E-state index in [1.807, 2.05) is 38.1 Å². The SMILES string of the molecule is CCC(N)(CC)C(=O)Nc1cccc(COCCOC)c1. The van der Waals surface area contributed by atoms with E-state index in [0.717, 1.165) is 11.3 Å². The van der Waals surface area contributed by atoms with Crippen LogP contribution in [0.25, 0.3) is 0 Å². The van der Waals surface area contributed by atoms with Gasteiger partial charge in [-0.2, -0.15) is 0 Å². The van der Waals surface area contributed by atoms with E-state index >= 15 is 0 Å². The summed E-state index contributed by atoms with van der Waals surface area (Å²) >= 11 is 0. The van der Waals surface area contributed by atoms with E-state index in [9.17, 15) is 4.79 Å². The molecule has 1 rings (SSSR count). The number of carbonyl (C=O) groups excluding carboxylic acids is 1. The highest BCUT2D eigenvalue weighted by molar-refractivity contribution is 5.97. The molecular formula is C16H26N2O3. The maximum absolute atomic E-state index is 12.2. The van der Waals surface area contributed by atoms with Crippen LogP contribution >= 0.6 is 0 Å². The fourth-order valence-corrected chi connectivity index (χ4v) is 1.90. The number of nitrogens with two attached hydrogens (primary N) is 1. The van der Waals surface area contributed by atoms with Crippen molar-refractivity contribution in [3.05, 3.63) is 29.8 Å². The Balaban J connectivity index is 2.62. The summed E-state index contributed by atoms with van der Waals surface area (Å²) in [6.07, 6.45) is 1.21. The Hall–Kier alpha value is -1.43. The largest absolute Gasteiger partial charge is 0.382 e. The first-order valence-electron chi connectivity index (χ1n) is 7.31. The van der Waals surface area contributed by atoms with Crippen LogP contribution in [0, 0.1) is 0 Å². The maximum atomic E-state index is 12.2. The molecule has 0 aliphatic rings. The topological polar surface area (TPSA) is 73.6 Å². The highest BCUT2D eigenvalue weighted by Crippen LogP contribution is 2.17. The first-order chi connectivity index (χ1) is 10.1. The summed E-state index contributed by atoms with van der Waals surface area (Å²) in [6.45, 7) is 5.44. The molecule has 0 aliphatic carbocycles. The predicted molar refractivity (Wildman–Crippen MR) is 84.1 cm³/mol. The van der Waals surface area contributed by atoms with Crippen LogP contribution in [0.1, 0.15) is 32.3 Å². The lowest BCUT2D eigenvalue weighted by atomic mass is 9.93. The second kappa shape index (κ2) is 8.77. The summed E-state index contributed by atoms with van der Waals surface area (Å²) in [5.74, 6) is -0.148. The van der Waals surface area contributed by atoms with Crippen LogP contribution in [-0.4, -0.2) is 31.8 Å². The molecule has 0 radical (unpaired) electrons. The highest BCUT2D eigenvalue weighted by atomic mass is 16.5. The van der Waals surface area contributed by atoms with Crippen molar-refractivity contribution < 1.29 is 14.3 Å². The van der Waals surface area contributed by atoms with Crippen LogP contribution in [0.4, 0.5) is 5.69 Å². The average molecular weight is 294 g/mol. The third-order valence-electron chi connectivity index (χ3n) is 3.60. The fraction of sp³-hybridized carbons (Fsp3) is 0.562. The predicted octanol–water partition coefficient (Wildman–Crippen LogP) is 2.31. The van der Waals surface area contributed by atoms with Gasteiger partial charge in [-0.05, 0) is 30.5 Å². The molecule has 0 heterocycles. The maximum Gasteiger partial charge on any atom is 0.244 e. The molecule has 0 bridgehead atoms. The van der Waals surface area contributed by atoms with Crippen molar-refractivity contribution in [2.75, 3.05) is 25.6 Å². The van der Waals surface area contributed by atoms with Crippen LogP contribution in [-0.2, 0) is 20.9 Å². The van der Waals surface area contributed by atoms with Gasteiger partial charge in [0.1, 0.15) is 0 Å². The number of hydrogen-bond donors (Lipinski definition) is 2. The van der Waals surface area contributed by atoms with Crippen molar-refractivity contribution in [3.8, 4) is 0 Å². The Bertz CT molecular complexity index is 445. The van der Waals surface area contributed by atoms with Crippen molar-refractivity contribution in [2.24, 2.45) is 5.73 Å². The van der Waals surface area contributed by atoms with Gasteiger partial charge in [-0.1, -0.05) is 26.0 Å². The van der Waals surface area contributed by atoms with E-state index in [-0.39, 0.29) is 5.91 Å². The number of amides is 1. The molecular weight excluding hydrogens is 268 g/mol. The van der Waals surface area contributed by atoms with Crippen molar-refractivity contribution >= 4 is 11.6 Å². The molecule has 0 aromatic heterocycles. The van der Waals surface area contributed by atoms with E-state index in [4.69, 9.17) is 15.2 Å². The monoisotopic (exact) mass is 294 g/mol. The smallest absolute Gasteiger partial charge is 0.244 e. The van der Waals surface area contributed by atoms with Crippen LogP contribution < -0.4 is 11.1 Å². The van der Waals surface area contributed by atoms with E-state index in [1.165, 1.54) is 0 Å². The van der Waals surface area contributed by atoms with Crippen molar-refractivity contribution in [1.29, 1.82) is 0 Å². The number of carbonyl (C=O) groups is 1. The van der Waals surface area contributed by atoms with Crippen LogP contribution in [0.3, 0.4) is 0 Å². The number of rotatable bonds is 9. The van der Waals surface area contributed by atoms with E-state index < -0.39 is 5.54 Å². The van der Waals surface area contributed by atoms with Gasteiger partial charge >= 0.3 is 0 Å². The quantitative estimate of drug-likeness (QED) is 0.685. The lowest BCUT2D eigenvalue weighted by Crippen LogP contribution is -2.50. The first kappa shape index (κ1) is 17.6. The third-order valence-corrected chi connectivity index (χ3v) is 3.60. The molecule has 118 valence electrons. The summed E-state index contributed by atoms with van der Waals surface area (Å²) in [7, 11) is 1.64. The van der Waals surface area contributed by atoms with Gasteiger partial charge in [-0.25, -0.2) is 0 Å². The van der Waals surface area contributed by atoms with E-state index in [0.29, 0.717) is 32.7 Å². The molecule has 1 aromatic rings. The van der Waals surface area contributed by atoms with E-state index in [1.54, 1.807) is 7.11 Å². The molecule has 1 aromatic carbocycles. The lowest BCUT2D eigenvalue weighted by molar-refractivity contribution is -0.121. The Morgan fingerprint density at radius 2 is 2.00 bits per heavy atom. The molecule has 0 unspecified atom stereocenters. The molecule has 0 aliphatic heterocycles. The van der Waals surface area contributed by atoms with E-state index in [2.05, 4.69) is 5.32 Å². The summed E-state index contributed by atoms with van der Waals surface area (Å²) in [5, 5.41) is 2.88. The number of methoxy groups -OCH3 is 1. The minimum Gasteiger partial charge on any atom is -0.382 e. The molecule has 0 spiro atoms. The number of hydrogen-bond acceptors (Lipinski definition) is 4. The number of benzene rings is 1. The zero-order valence-electron chi connectivity index (χ0n) is 13.1. The number of nitrogens with one attached hydrogen (secondary N) is 1. The second-order valence-electron chi connectivity index (χ2n) is 5.06. The molecule has 0 saturated carbocycles. The molecule has 0 saturated heterocycles. The summed E-state index contributed by atoms with van der Waals surface area (Å²) < 4.78 is 10.4. The Morgan fingerprint density at radius 3 is 2.62 bits per heavy atom. The van der Waals surface area contributed by atoms with Gasteiger partial charge in [0.2, 0.25) is 5.91 Å². The zero-order chi connectivity index (χ0) is 15.7. The molecule has 21 heavy (non-hydrogen) atoms. The standard InChI is InChI=1S/C16H26N2O3/c1-4-16(17,5-2)15(19)18-14-8-6-7-13(11-14)12-21-10-9-20-3/h6-8,11H,4-5,9-10,12,17H2,1-3H3,(H,18,19). The van der Waals surface area contributed by atoms with Gasteiger partial charge in [0, 0.05) is 12.8 Å². The van der Waals surface area contributed by atoms with Crippen LogP contribution in [0.15, 0.2) is 24.3 Å². The van der Waals surface area contributed by atoms with Crippen molar-refractivity contribution in [3.63, 3.8) is 0 Å². The molecule has 5 nitrogen and oxygen atoms in total. The minimum absolute atomic E-state index is 0.148. The number of anilines is 1. The van der Waals surface area contributed by atoms with Crippen LogP contribution in [0.5, 0.6) is 0 Å². The van der Waals surface area contributed by atoms with Crippen LogP contribution in [0.2, 0.25) is 0 Å². The van der Waals surface area contributed by atoms with Gasteiger partial charge in [0.25, 0.3) is 0 Å². The number of ether oxygens (including phenoxy) is 2. The van der Waals surface area contributed by atoms with Crippen molar-refractivity contribution in [2.45, 2.75) is 38.8 Å². The van der Waals surface area contributed by atoms with Gasteiger partial charge in [0.15, 0.2) is 0 Å². The molecule has 1 amide bonds. The van der Waals surface area contributed by atoms with Gasteiger partial charge in [-0.15, -0.1) is 0 Å².